The van der Waals surface area contributed by atoms with Gasteiger partial charge in [-0.05, 0) is 36.4 Å². The summed E-state index contributed by atoms with van der Waals surface area (Å²) >= 11 is 3.42. The van der Waals surface area contributed by atoms with Gasteiger partial charge < -0.3 is 9.15 Å². The highest BCUT2D eigenvalue weighted by Crippen LogP contribution is 2.24. The maximum Gasteiger partial charge on any atom is 0.347 e. The molecule has 1 heterocycles. The fourth-order valence-corrected chi connectivity index (χ4v) is 2.48. The molecule has 0 unspecified atom stereocenters. The first-order valence-corrected chi connectivity index (χ1v) is 7.38. The first kappa shape index (κ1) is 14.5. The summed E-state index contributed by atoms with van der Waals surface area (Å²) in [6.45, 7) is 0. The summed E-state index contributed by atoms with van der Waals surface area (Å²) in [5.74, 6) is 0.980. The lowest BCUT2D eigenvalue weighted by atomic mass is 10.2. The fraction of sp³-hybridized carbons (Fsp3) is 0.0588. The summed E-state index contributed by atoms with van der Waals surface area (Å²) in [5.41, 5.74) is 1.07. The normalized spacial score (nSPS) is 11.2. The van der Waals surface area contributed by atoms with Gasteiger partial charge in [0.1, 0.15) is 5.75 Å². The van der Waals surface area contributed by atoms with Crippen LogP contribution in [0.5, 0.6) is 5.75 Å². The number of halogens is 1. The van der Waals surface area contributed by atoms with E-state index in [2.05, 4.69) is 20.9 Å². The lowest BCUT2D eigenvalue weighted by Gasteiger charge is -2.04. The Morgan fingerprint density at radius 2 is 2.00 bits per heavy atom. The van der Waals surface area contributed by atoms with E-state index in [-0.39, 0.29) is 5.89 Å². The molecular formula is C17H12BrNO3. The number of ether oxygens (including phenoxy) is 1. The van der Waals surface area contributed by atoms with Gasteiger partial charge >= 0.3 is 5.63 Å². The molecule has 0 fully saturated rings. The Kier molecular flexibility index (Phi) is 4.06. The van der Waals surface area contributed by atoms with Crippen LogP contribution in [0.1, 0.15) is 11.5 Å². The first-order valence-electron chi connectivity index (χ1n) is 6.59. The molecule has 5 heteroatoms. The number of benzene rings is 2. The zero-order valence-electron chi connectivity index (χ0n) is 11.7. The quantitative estimate of drug-likeness (QED) is 0.707. The number of hydrogen-bond acceptors (Lipinski definition) is 4. The van der Waals surface area contributed by atoms with Gasteiger partial charge in [-0.1, -0.05) is 28.1 Å². The second-order valence-corrected chi connectivity index (χ2v) is 5.49. The van der Waals surface area contributed by atoms with Gasteiger partial charge in [-0.3, -0.25) is 0 Å². The van der Waals surface area contributed by atoms with Crippen molar-refractivity contribution in [2.24, 2.45) is 0 Å². The Bertz CT molecular complexity index is 915. The summed E-state index contributed by atoms with van der Waals surface area (Å²) in [4.78, 5) is 16.2. The van der Waals surface area contributed by atoms with Crippen molar-refractivity contribution in [1.82, 2.24) is 4.98 Å². The third-order valence-corrected chi connectivity index (χ3v) is 3.64. The second kappa shape index (κ2) is 6.15. The van der Waals surface area contributed by atoms with E-state index in [9.17, 15) is 4.79 Å². The third-order valence-electron chi connectivity index (χ3n) is 3.15. The van der Waals surface area contributed by atoms with Crippen LogP contribution in [-0.4, -0.2) is 12.1 Å². The average Bonchev–Trinajstić information content (AvgIpc) is 2.53. The smallest absolute Gasteiger partial charge is 0.347 e. The molecule has 0 spiro atoms. The third kappa shape index (κ3) is 2.94. The SMILES string of the molecule is COc1ccc(Br)cc1/C=C/c1nc2ccccc2c(=O)o1. The monoisotopic (exact) mass is 357 g/mol. The number of hydrogen-bond donors (Lipinski definition) is 0. The van der Waals surface area contributed by atoms with Gasteiger partial charge in [-0.15, -0.1) is 0 Å². The summed E-state index contributed by atoms with van der Waals surface area (Å²) in [7, 11) is 1.61. The van der Waals surface area contributed by atoms with Crippen molar-refractivity contribution in [1.29, 1.82) is 0 Å². The van der Waals surface area contributed by atoms with Crippen LogP contribution in [0.2, 0.25) is 0 Å². The minimum absolute atomic E-state index is 0.255. The van der Waals surface area contributed by atoms with Crippen LogP contribution in [0.15, 0.2) is 56.1 Å². The van der Waals surface area contributed by atoms with Gasteiger partial charge in [0.15, 0.2) is 0 Å². The topological polar surface area (TPSA) is 52.3 Å². The van der Waals surface area contributed by atoms with Crippen molar-refractivity contribution in [3.8, 4) is 5.75 Å². The van der Waals surface area contributed by atoms with Crippen molar-refractivity contribution in [3.63, 3.8) is 0 Å². The molecule has 1 aromatic heterocycles. The highest BCUT2D eigenvalue weighted by atomic mass is 79.9. The molecule has 0 N–H and O–H groups in total. The molecule has 22 heavy (non-hydrogen) atoms. The van der Waals surface area contributed by atoms with Crippen molar-refractivity contribution in [3.05, 3.63) is 68.8 Å². The average molecular weight is 358 g/mol. The molecule has 0 aliphatic carbocycles. The highest BCUT2D eigenvalue weighted by molar-refractivity contribution is 9.10. The maximum atomic E-state index is 11.9. The highest BCUT2D eigenvalue weighted by Gasteiger charge is 2.04. The van der Waals surface area contributed by atoms with Crippen LogP contribution in [0.4, 0.5) is 0 Å². The lowest BCUT2D eigenvalue weighted by molar-refractivity contribution is 0.414. The van der Waals surface area contributed by atoms with Gasteiger partial charge in [0.25, 0.3) is 0 Å². The van der Waals surface area contributed by atoms with E-state index < -0.39 is 5.63 Å². The minimum atomic E-state index is -0.397. The van der Waals surface area contributed by atoms with E-state index >= 15 is 0 Å². The maximum absolute atomic E-state index is 11.9. The number of aromatic nitrogens is 1. The largest absolute Gasteiger partial charge is 0.496 e. The molecule has 3 rings (SSSR count). The molecule has 0 amide bonds. The summed E-state index contributed by atoms with van der Waals surface area (Å²) < 4.78 is 11.4. The molecular weight excluding hydrogens is 346 g/mol. The molecule has 0 atom stereocenters. The molecule has 0 saturated carbocycles. The Morgan fingerprint density at radius 1 is 1.18 bits per heavy atom. The van der Waals surface area contributed by atoms with Crippen molar-refractivity contribution in [2.75, 3.05) is 7.11 Å². The molecule has 110 valence electrons. The van der Waals surface area contributed by atoms with E-state index in [0.29, 0.717) is 10.9 Å². The molecule has 0 bridgehead atoms. The Morgan fingerprint density at radius 3 is 2.82 bits per heavy atom. The number of para-hydroxylation sites is 1. The molecule has 4 nitrogen and oxygen atoms in total. The van der Waals surface area contributed by atoms with Gasteiger partial charge in [-0.25, -0.2) is 9.78 Å². The van der Waals surface area contributed by atoms with Crippen LogP contribution in [0, 0.1) is 0 Å². The number of nitrogens with zero attached hydrogens (tertiary/aromatic N) is 1. The van der Waals surface area contributed by atoms with Crippen LogP contribution in [0.3, 0.4) is 0 Å². The predicted molar refractivity (Wildman–Crippen MR) is 89.9 cm³/mol. The summed E-state index contributed by atoms with van der Waals surface area (Å²) in [5, 5.41) is 0.472. The standard InChI is InChI=1S/C17H12BrNO3/c1-21-15-8-7-12(18)10-11(15)6-9-16-19-14-5-3-2-4-13(14)17(20)22-16/h2-10H,1H3/b9-6+. The van der Waals surface area contributed by atoms with E-state index in [1.807, 2.05) is 24.3 Å². The molecule has 2 aromatic carbocycles. The minimum Gasteiger partial charge on any atom is -0.496 e. The lowest BCUT2D eigenvalue weighted by Crippen LogP contribution is -2.02. The van der Waals surface area contributed by atoms with E-state index in [4.69, 9.17) is 9.15 Å². The number of rotatable bonds is 3. The van der Waals surface area contributed by atoms with Crippen molar-refractivity contribution < 1.29 is 9.15 Å². The molecule has 0 saturated heterocycles. The first-order chi connectivity index (χ1) is 10.7. The zero-order valence-corrected chi connectivity index (χ0v) is 13.3. The predicted octanol–water partition coefficient (Wildman–Crippen LogP) is 4.13. The molecule has 0 radical (unpaired) electrons. The van der Waals surface area contributed by atoms with Gasteiger partial charge in [0.05, 0.1) is 18.0 Å². The van der Waals surface area contributed by atoms with Crippen LogP contribution < -0.4 is 10.4 Å². The van der Waals surface area contributed by atoms with E-state index in [1.165, 1.54) is 0 Å². The molecule has 3 aromatic rings. The second-order valence-electron chi connectivity index (χ2n) is 4.58. The Labute approximate surface area is 135 Å². The van der Waals surface area contributed by atoms with Crippen LogP contribution in [-0.2, 0) is 0 Å². The van der Waals surface area contributed by atoms with Gasteiger partial charge in [-0.2, -0.15) is 0 Å². The van der Waals surface area contributed by atoms with Gasteiger partial charge in [0, 0.05) is 16.1 Å². The fourth-order valence-electron chi connectivity index (χ4n) is 2.10. The van der Waals surface area contributed by atoms with Crippen LogP contribution >= 0.6 is 15.9 Å². The van der Waals surface area contributed by atoms with Crippen molar-refractivity contribution in [2.45, 2.75) is 0 Å². The zero-order chi connectivity index (χ0) is 15.5. The van der Waals surface area contributed by atoms with E-state index in [0.717, 1.165) is 15.8 Å². The summed E-state index contributed by atoms with van der Waals surface area (Å²) in [6.07, 6.45) is 3.45. The Balaban J connectivity index is 2.03. The summed E-state index contributed by atoms with van der Waals surface area (Å²) in [6, 6.07) is 12.7. The number of methoxy groups -OCH3 is 1. The van der Waals surface area contributed by atoms with Gasteiger partial charge in [0.2, 0.25) is 5.89 Å². The van der Waals surface area contributed by atoms with E-state index in [1.54, 1.807) is 37.5 Å². The Hall–Kier alpha value is -2.40. The molecule has 0 aliphatic heterocycles. The molecule has 0 aliphatic rings. The number of fused-ring (bicyclic) bond motifs is 1. The van der Waals surface area contributed by atoms with Crippen LogP contribution in [0.25, 0.3) is 23.1 Å². The van der Waals surface area contributed by atoms with Crippen molar-refractivity contribution >= 4 is 39.0 Å².